The van der Waals surface area contributed by atoms with E-state index in [0.717, 1.165) is 45.5 Å². The third-order valence-electron chi connectivity index (χ3n) is 3.86. The van der Waals surface area contributed by atoms with Gasteiger partial charge in [0.2, 0.25) is 5.91 Å². The number of amides is 1. The highest BCUT2D eigenvalue weighted by atomic mass is 35.5. The van der Waals surface area contributed by atoms with Gasteiger partial charge in [0.1, 0.15) is 0 Å². The summed E-state index contributed by atoms with van der Waals surface area (Å²) in [5.41, 5.74) is 5.92. The smallest absolute Gasteiger partial charge is 0.239 e. The van der Waals surface area contributed by atoms with Crippen LogP contribution in [0.3, 0.4) is 0 Å². The molecule has 0 saturated carbocycles. The number of halogens is 1. The van der Waals surface area contributed by atoms with E-state index in [2.05, 4.69) is 19.0 Å². The number of nitrogens with zero attached hydrogens (tertiary/aromatic N) is 2. The van der Waals surface area contributed by atoms with Crippen LogP contribution in [0.2, 0.25) is 0 Å². The zero-order valence-corrected chi connectivity index (χ0v) is 14.7. The molecule has 0 aliphatic carbocycles. The molecule has 6 heteroatoms. The summed E-state index contributed by atoms with van der Waals surface area (Å²) in [5.74, 6) is 0.286. The first kappa shape index (κ1) is 20.6. The van der Waals surface area contributed by atoms with E-state index in [9.17, 15) is 4.79 Å². The van der Waals surface area contributed by atoms with E-state index >= 15 is 0 Å². The number of carbonyl (C=O) groups is 1. The van der Waals surface area contributed by atoms with E-state index in [-0.39, 0.29) is 30.3 Å². The topological polar surface area (TPSA) is 58.8 Å². The van der Waals surface area contributed by atoms with Crippen molar-refractivity contribution in [1.82, 2.24) is 9.80 Å². The van der Waals surface area contributed by atoms with E-state index in [1.54, 1.807) is 0 Å². The summed E-state index contributed by atoms with van der Waals surface area (Å²) in [7, 11) is 4.14. The molecule has 1 saturated heterocycles. The van der Waals surface area contributed by atoms with Crippen LogP contribution in [0.4, 0.5) is 0 Å². The van der Waals surface area contributed by atoms with E-state index in [1.807, 2.05) is 18.7 Å². The lowest BCUT2D eigenvalue weighted by atomic mass is 10.0. The van der Waals surface area contributed by atoms with E-state index in [1.165, 1.54) is 0 Å². The Morgan fingerprint density at radius 3 is 2.38 bits per heavy atom. The molecule has 1 atom stereocenters. The van der Waals surface area contributed by atoms with Crippen molar-refractivity contribution < 1.29 is 9.53 Å². The fourth-order valence-corrected chi connectivity index (χ4v) is 2.37. The van der Waals surface area contributed by atoms with Gasteiger partial charge in [0.15, 0.2) is 0 Å². The van der Waals surface area contributed by atoms with Crippen LogP contribution in [0.1, 0.15) is 33.1 Å². The molecule has 21 heavy (non-hydrogen) atoms. The lowest BCUT2D eigenvalue weighted by Crippen LogP contribution is -2.50. The fourth-order valence-electron chi connectivity index (χ4n) is 2.37. The van der Waals surface area contributed by atoms with Gasteiger partial charge in [0.05, 0.1) is 12.1 Å². The van der Waals surface area contributed by atoms with Crippen molar-refractivity contribution in [3.05, 3.63) is 0 Å². The van der Waals surface area contributed by atoms with Crippen LogP contribution in [-0.2, 0) is 9.53 Å². The Morgan fingerprint density at radius 1 is 1.33 bits per heavy atom. The van der Waals surface area contributed by atoms with Crippen LogP contribution in [0, 0.1) is 5.92 Å². The Morgan fingerprint density at radius 2 is 1.90 bits per heavy atom. The zero-order chi connectivity index (χ0) is 15.1. The van der Waals surface area contributed by atoms with Gasteiger partial charge in [-0.1, -0.05) is 13.8 Å². The summed E-state index contributed by atoms with van der Waals surface area (Å²) in [4.78, 5) is 16.2. The Bertz CT molecular complexity index is 293. The highest BCUT2D eigenvalue weighted by Crippen LogP contribution is 2.16. The summed E-state index contributed by atoms with van der Waals surface area (Å²) in [5, 5.41) is 0. The van der Waals surface area contributed by atoms with Crippen LogP contribution in [-0.4, -0.2) is 68.2 Å². The molecule has 1 aliphatic rings. The van der Waals surface area contributed by atoms with Gasteiger partial charge in [-0.3, -0.25) is 4.79 Å². The van der Waals surface area contributed by atoms with Gasteiger partial charge < -0.3 is 20.3 Å². The Kier molecular flexibility index (Phi) is 10.2. The first-order valence-electron chi connectivity index (χ1n) is 7.72. The molecule has 0 aromatic rings. The Labute approximate surface area is 135 Å². The normalized spacial score (nSPS) is 18.0. The number of carbonyl (C=O) groups excluding carboxylic acids is 1. The number of piperidine rings is 1. The van der Waals surface area contributed by atoms with Gasteiger partial charge >= 0.3 is 0 Å². The standard InChI is InChI=1S/C15H31N3O2.ClH/c1-12(2)14(16)15(19)18-9-6-13(7-10-18)20-11-5-8-17(3)4;/h12-14H,5-11,16H2,1-4H3;1H/t14-;/m0./s1. The molecule has 1 fully saturated rings. The monoisotopic (exact) mass is 321 g/mol. The fraction of sp³-hybridized carbons (Fsp3) is 0.933. The number of hydrogen-bond acceptors (Lipinski definition) is 4. The molecular formula is C15H32ClN3O2. The number of hydrogen-bond donors (Lipinski definition) is 1. The summed E-state index contributed by atoms with van der Waals surface area (Å²) in [6.45, 7) is 7.39. The maximum absolute atomic E-state index is 12.1. The van der Waals surface area contributed by atoms with E-state index in [4.69, 9.17) is 10.5 Å². The predicted octanol–water partition coefficient (Wildman–Crippen LogP) is 1.35. The molecule has 0 spiro atoms. The van der Waals surface area contributed by atoms with Gasteiger partial charge in [0, 0.05) is 19.7 Å². The third-order valence-corrected chi connectivity index (χ3v) is 3.86. The molecule has 0 radical (unpaired) electrons. The summed E-state index contributed by atoms with van der Waals surface area (Å²) in [6.07, 6.45) is 3.22. The number of rotatable bonds is 7. The molecule has 0 bridgehead atoms. The maximum atomic E-state index is 12.1. The highest BCUT2D eigenvalue weighted by Gasteiger charge is 2.27. The van der Waals surface area contributed by atoms with Gasteiger partial charge in [-0.05, 0) is 45.8 Å². The quantitative estimate of drug-likeness (QED) is 0.719. The van der Waals surface area contributed by atoms with Gasteiger partial charge in [0.25, 0.3) is 0 Å². The first-order chi connectivity index (χ1) is 9.41. The largest absolute Gasteiger partial charge is 0.378 e. The second kappa shape index (κ2) is 10.4. The molecule has 1 aliphatic heterocycles. The summed E-state index contributed by atoms with van der Waals surface area (Å²) in [6, 6.07) is -0.368. The molecule has 1 rings (SSSR count). The minimum Gasteiger partial charge on any atom is -0.378 e. The van der Waals surface area contributed by atoms with Crippen LogP contribution < -0.4 is 5.73 Å². The van der Waals surface area contributed by atoms with Crippen molar-refractivity contribution in [3.8, 4) is 0 Å². The molecular weight excluding hydrogens is 290 g/mol. The highest BCUT2D eigenvalue weighted by molar-refractivity contribution is 5.85. The van der Waals surface area contributed by atoms with Crippen molar-refractivity contribution in [3.63, 3.8) is 0 Å². The van der Waals surface area contributed by atoms with E-state index in [0.29, 0.717) is 6.10 Å². The van der Waals surface area contributed by atoms with Crippen LogP contribution in [0.5, 0.6) is 0 Å². The van der Waals surface area contributed by atoms with Gasteiger partial charge in [-0.2, -0.15) is 0 Å². The van der Waals surface area contributed by atoms with Crippen molar-refractivity contribution in [2.45, 2.75) is 45.3 Å². The average Bonchev–Trinajstić information content (AvgIpc) is 2.42. The van der Waals surface area contributed by atoms with Crippen molar-refractivity contribution in [2.75, 3.05) is 40.3 Å². The lowest BCUT2D eigenvalue weighted by molar-refractivity contribution is -0.136. The van der Waals surface area contributed by atoms with E-state index < -0.39 is 0 Å². The molecule has 5 nitrogen and oxygen atoms in total. The molecule has 0 unspecified atom stereocenters. The molecule has 126 valence electrons. The third kappa shape index (κ3) is 7.45. The second-order valence-corrected chi connectivity index (χ2v) is 6.32. The Balaban J connectivity index is 0.00000400. The van der Waals surface area contributed by atoms with Crippen LogP contribution in [0.25, 0.3) is 0 Å². The van der Waals surface area contributed by atoms with Crippen molar-refractivity contribution in [2.24, 2.45) is 11.7 Å². The minimum absolute atomic E-state index is 0. The molecule has 1 amide bonds. The van der Waals surface area contributed by atoms with Crippen LogP contribution in [0.15, 0.2) is 0 Å². The molecule has 1 heterocycles. The van der Waals surface area contributed by atoms with Crippen molar-refractivity contribution >= 4 is 18.3 Å². The molecule has 0 aromatic carbocycles. The first-order valence-corrected chi connectivity index (χ1v) is 7.72. The summed E-state index contributed by atoms with van der Waals surface area (Å²) >= 11 is 0. The number of likely N-dealkylation sites (tertiary alicyclic amines) is 1. The zero-order valence-electron chi connectivity index (χ0n) is 13.9. The average molecular weight is 322 g/mol. The Hall–Kier alpha value is -0.360. The van der Waals surface area contributed by atoms with Crippen molar-refractivity contribution in [1.29, 1.82) is 0 Å². The maximum Gasteiger partial charge on any atom is 0.239 e. The van der Waals surface area contributed by atoms with Gasteiger partial charge in [-0.15, -0.1) is 12.4 Å². The SMILES string of the molecule is CC(C)[C@H](N)C(=O)N1CCC(OCCCN(C)C)CC1.Cl. The van der Waals surface area contributed by atoms with Crippen LogP contribution >= 0.6 is 12.4 Å². The number of nitrogens with two attached hydrogens (primary N) is 1. The second-order valence-electron chi connectivity index (χ2n) is 6.32. The summed E-state index contributed by atoms with van der Waals surface area (Å²) < 4.78 is 5.87. The molecule has 2 N–H and O–H groups in total. The molecule has 0 aromatic heterocycles. The minimum atomic E-state index is -0.368. The lowest BCUT2D eigenvalue weighted by Gasteiger charge is -2.34. The predicted molar refractivity (Wildman–Crippen MR) is 88.8 cm³/mol. The van der Waals surface area contributed by atoms with Gasteiger partial charge in [-0.25, -0.2) is 0 Å². The number of ether oxygens (including phenoxy) is 1.